The Bertz CT molecular complexity index is 1480. The zero-order valence-electron chi connectivity index (χ0n) is 18.6. The minimum absolute atomic E-state index is 0.0770. The molecular formula is C25H26N6OS. The molecule has 0 N–H and O–H groups in total. The van der Waals surface area contributed by atoms with Crippen LogP contribution in [0.5, 0.6) is 0 Å². The van der Waals surface area contributed by atoms with Crippen molar-refractivity contribution in [2.24, 2.45) is 7.05 Å². The molecule has 0 aliphatic carbocycles. The van der Waals surface area contributed by atoms with Crippen LogP contribution in [0.4, 0.5) is 0 Å². The van der Waals surface area contributed by atoms with Crippen molar-refractivity contribution in [3.05, 3.63) is 82.2 Å². The number of imidazole rings is 2. The summed E-state index contributed by atoms with van der Waals surface area (Å²) in [5.41, 5.74) is 3.23. The van der Waals surface area contributed by atoms with E-state index in [0.29, 0.717) is 12.6 Å². The largest absolute Gasteiger partial charge is 0.330 e. The second-order valence-corrected chi connectivity index (χ2v) is 9.78. The van der Waals surface area contributed by atoms with Gasteiger partial charge in [0.05, 0.1) is 27.8 Å². The standard InChI is InChI=1S/C25H26N6OS/c1-28-20-7-3-2-6-19(20)27-23(28)16-29-13-10-18(11-14-29)24-26-12-15-30(24)17-31-21-8-4-5-9-22(21)33-25(31)32/h2-9,12,15,18H,10-11,13-14,16-17H2,1H3. The van der Waals surface area contributed by atoms with E-state index in [2.05, 4.69) is 39.3 Å². The van der Waals surface area contributed by atoms with E-state index >= 15 is 0 Å². The fourth-order valence-corrected chi connectivity index (χ4v) is 5.87. The van der Waals surface area contributed by atoms with Crippen molar-refractivity contribution < 1.29 is 0 Å². The molecule has 0 bridgehead atoms. The molecule has 3 aromatic heterocycles. The van der Waals surface area contributed by atoms with Crippen LogP contribution < -0.4 is 4.87 Å². The van der Waals surface area contributed by atoms with Gasteiger partial charge in [0.25, 0.3) is 0 Å². The maximum absolute atomic E-state index is 12.6. The smallest absolute Gasteiger partial charge is 0.309 e. The molecule has 1 aliphatic heterocycles. The van der Waals surface area contributed by atoms with E-state index in [0.717, 1.165) is 59.9 Å². The Morgan fingerprint density at radius 3 is 2.61 bits per heavy atom. The summed E-state index contributed by atoms with van der Waals surface area (Å²) in [5, 5.41) is 0. The molecule has 4 heterocycles. The zero-order chi connectivity index (χ0) is 22.4. The zero-order valence-corrected chi connectivity index (χ0v) is 19.4. The molecule has 33 heavy (non-hydrogen) atoms. The molecule has 8 heteroatoms. The fraction of sp³-hybridized carbons (Fsp3) is 0.320. The van der Waals surface area contributed by atoms with Gasteiger partial charge in [-0.15, -0.1) is 0 Å². The summed E-state index contributed by atoms with van der Waals surface area (Å²) in [4.78, 5) is 24.7. The summed E-state index contributed by atoms with van der Waals surface area (Å²) in [5.74, 6) is 2.59. The number of benzene rings is 2. The van der Waals surface area contributed by atoms with Crippen molar-refractivity contribution >= 4 is 32.6 Å². The molecule has 0 radical (unpaired) electrons. The van der Waals surface area contributed by atoms with Crippen LogP contribution in [0.3, 0.4) is 0 Å². The van der Waals surface area contributed by atoms with Crippen molar-refractivity contribution in [2.45, 2.75) is 32.0 Å². The molecule has 0 unspecified atom stereocenters. The summed E-state index contributed by atoms with van der Waals surface area (Å²) in [6.07, 6.45) is 5.97. The number of rotatable bonds is 5. The maximum Gasteiger partial charge on any atom is 0.309 e. The van der Waals surface area contributed by atoms with E-state index in [1.807, 2.05) is 47.3 Å². The molecule has 2 aromatic carbocycles. The Kier molecular flexibility index (Phi) is 5.11. The molecule has 0 saturated carbocycles. The quantitative estimate of drug-likeness (QED) is 0.399. The lowest BCUT2D eigenvalue weighted by Gasteiger charge is -2.31. The number of likely N-dealkylation sites (tertiary alicyclic amines) is 1. The van der Waals surface area contributed by atoms with Gasteiger partial charge >= 0.3 is 4.87 Å². The highest BCUT2D eigenvalue weighted by Crippen LogP contribution is 2.28. The fourth-order valence-electron chi connectivity index (χ4n) is 4.99. The summed E-state index contributed by atoms with van der Waals surface area (Å²) in [7, 11) is 2.10. The number of piperidine rings is 1. The Labute approximate surface area is 195 Å². The molecule has 0 spiro atoms. The van der Waals surface area contributed by atoms with Gasteiger partial charge in [0, 0.05) is 25.4 Å². The van der Waals surface area contributed by atoms with Crippen LogP contribution in [0, 0.1) is 0 Å². The van der Waals surface area contributed by atoms with Gasteiger partial charge < -0.3 is 9.13 Å². The second kappa shape index (κ2) is 8.28. The van der Waals surface area contributed by atoms with Crippen LogP contribution in [0.25, 0.3) is 21.3 Å². The van der Waals surface area contributed by atoms with Gasteiger partial charge in [-0.25, -0.2) is 9.97 Å². The summed E-state index contributed by atoms with van der Waals surface area (Å²) >= 11 is 1.30. The van der Waals surface area contributed by atoms with Crippen molar-refractivity contribution in [1.82, 2.24) is 28.6 Å². The van der Waals surface area contributed by atoms with Crippen LogP contribution in [-0.2, 0) is 20.3 Å². The number of fused-ring (bicyclic) bond motifs is 2. The van der Waals surface area contributed by atoms with Crippen molar-refractivity contribution in [3.63, 3.8) is 0 Å². The van der Waals surface area contributed by atoms with Gasteiger partial charge in [-0.1, -0.05) is 35.6 Å². The Hall–Kier alpha value is -3.23. The second-order valence-electron chi connectivity index (χ2n) is 8.79. The van der Waals surface area contributed by atoms with Crippen LogP contribution in [-0.4, -0.2) is 41.7 Å². The normalized spacial score (nSPS) is 15.7. The topological polar surface area (TPSA) is 60.9 Å². The van der Waals surface area contributed by atoms with E-state index in [4.69, 9.17) is 9.97 Å². The molecule has 0 atom stereocenters. The van der Waals surface area contributed by atoms with Gasteiger partial charge in [-0.3, -0.25) is 14.3 Å². The van der Waals surface area contributed by atoms with Gasteiger partial charge in [0.1, 0.15) is 18.3 Å². The first-order chi connectivity index (χ1) is 16.2. The minimum atomic E-state index is 0.0770. The van der Waals surface area contributed by atoms with Gasteiger partial charge in [0.15, 0.2) is 0 Å². The number of thiazole rings is 1. The number of para-hydroxylation sites is 3. The number of nitrogens with zero attached hydrogens (tertiary/aromatic N) is 6. The maximum atomic E-state index is 12.6. The van der Waals surface area contributed by atoms with Gasteiger partial charge in [-0.05, 0) is 50.2 Å². The lowest BCUT2D eigenvalue weighted by Crippen LogP contribution is -2.34. The first kappa shape index (κ1) is 20.4. The third-order valence-electron chi connectivity index (χ3n) is 6.81. The Morgan fingerprint density at radius 2 is 1.79 bits per heavy atom. The predicted octanol–water partition coefficient (Wildman–Crippen LogP) is 4.03. The van der Waals surface area contributed by atoms with E-state index in [-0.39, 0.29) is 4.87 Å². The molecule has 1 aliphatic rings. The van der Waals surface area contributed by atoms with Crippen molar-refractivity contribution in [1.29, 1.82) is 0 Å². The lowest BCUT2D eigenvalue weighted by atomic mass is 9.96. The highest BCUT2D eigenvalue weighted by molar-refractivity contribution is 7.16. The van der Waals surface area contributed by atoms with E-state index < -0.39 is 0 Å². The van der Waals surface area contributed by atoms with Crippen molar-refractivity contribution in [2.75, 3.05) is 13.1 Å². The van der Waals surface area contributed by atoms with Crippen LogP contribution >= 0.6 is 11.3 Å². The average molecular weight is 459 g/mol. The molecular weight excluding hydrogens is 432 g/mol. The lowest BCUT2D eigenvalue weighted by molar-refractivity contribution is 0.194. The SMILES string of the molecule is Cn1c(CN2CCC(c3nccn3Cn3c(=O)sc4ccccc43)CC2)nc2ccccc21. The third-order valence-corrected chi connectivity index (χ3v) is 7.77. The van der Waals surface area contributed by atoms with Crippen molar-refractivity contribution in [3.8, 4) is 0 Å². The first-order valence-corrected chi connectivity index (χ1v) is 12.2. The molecule has 7 nitrogen and oxygen atoms in total. The number of aryl methyl sites for hydroxylation is 1. The molecule has 168 valence electrons. The third kappa shape index (κ3) is 3.69. The molecule has 1 saturated heterocycles. The van der Waals surface area contributed by atoms with Crippen LogP contribution in [0.1, 0.15) is 30.4 Å². The monoisotopic (exact) mass is 458 g/mol. The molecule has 6 rings (SSSR count). The highest BCUT2D eigenvalue weighted by atomic mass is 32.1. The number of hydrogen-bond acceptors (Lipinski definition) is 5. The van der Waals surface area contributed by atoms with Crippen LogP contribution in [0.2, 0.25) is 0 Å². The van der Waals surface area contributed by atoms with Gasteiger partial charge in [-0.2, -0.15) is 0 Å². The van der Waals surface area contributed by atoms with E-state index in [1.54, 1.807) is 0 Å². The summed E-state index contributed by atoms with van der Waals surface area (Å²) < 4.78 is 7.23. The average Bonchev–Trinajstić information content (AvgIpc) is 3.52. The first-order valence-electron chi connectivity index (χ1n) is 11.4. The molecule has 5 aromatic rings. The minimum Gasteiger partial charge on any atom is -0.330 e. The predicted molar refractivity (Wildman–Crippen MR) is 132 cm³/mol. The van der Waals surface area contributed by atoms with E-state index in [9.17, 15) is 4.79 Å². The number of aromatic nitrogens is 5. The van der Waals surface area contributed by atoms with Crippen LogP contribution in [0.15, 0.2) is 65.7 Å². The Balaban J connectivity index is 1.16. The Morgan fingerprint density at radius 1 is 1.03 bits per heavy atom. The molecule has 1 fully saturated rings. The number of hydrogen-bond donors (Lipinski definition) is 0. The summed E-state index contributed by atoms with van der Waals surface area (Å²) in [6.45, 7) is 3.41. The molecule has 0 amide bonds. The summed E-state index contributed by atoms with van der Waals surface area (Å²) in [6, 6.07) is 16.3. The highest BCUT2D eigenvalue weighted by Gasteiger charge is 2.25. The van der Waals surface area contributed by atoms with E-state index in [1.165, 1.54) is 16.9 Å². The van der Waals surface area contributed by atoms with Gasteiger partial charge in [0.2, 0.25) is 0 Å².